The molecule has 2 rings (SSSR count). The molecular weight excluding hydrogens is 279 g/mol. The summed E-state index contributed by atoms with van der Waals surface area (Å²) in [5.74, 6) is 0.501. The van der Waals surface area contributed by atoms with Gasteiger partial charge in [-0.15, -0.1) is 0 Å². The van der Waals surface area contributed by atoms with Crippen molar-refractivity contribution in [2.75, 3.05) is 0 Å². The highest BCUT2D eigenvalue weighted by Gasteiger charge is 2.30. The smallest absolute Gasteiger partial charge is 0.326 e. The van der Waals surface area contributed by atoms with E-state index >= 15 is 0 Å². The molecule has 0 aliphatic rings. The van der Waals surface area contributed by atoms with E-state index in [-0.39, 0.29) is 6.42 Å². The van der Waals surface area contributed by atoms with Crippen LogP contribution in [0.3, 0.4) is 0 Å². The van der Waals surface area contributed by atoms with Crippen molar-refractivity contribution >= 4 is 0 Å². The van der Waals surface area contributed by atoms with E-state index in [0.717, 1.165) is 29.1 Å². The summed E-state index contributed by atoms with van der Waals surface area (Å²) in [6.07, 6.45) is -4.08. The summed E-state index contributed by atoms with van der Waals surface area (Å²) in [7, 11) is 0. The van der Waals surface area contributed by atoms with Crippen molar-refractivity contribution in [2.45, 2.75) is 33.0 Å². The largest absolute Gasteiger partial charge is 0.416 e. The minimum absolute atomic E-state index is 0.260. The molecular formula is C15H16F3N3. The molecule has 2 aromatic rings. The number of hydrogen-bond donors (Lipinski definition) is 1. The van der Waals surface area contributed by atoms with Crippen molar-refractivity contribution in [3.8, 4) is 0 Å². The van der Waals surface area contributed by atoms with Crippen LogP contribution in [0.2, 0.25) is 0 Å². The van der Waals surface area contributed by atoms with Crippen LogP contribution in [0.15, 0.2) is 24.3 Å². The number of halogens is 3. The van der Waals surface area contributed by atoms with Crippen molar-refractivity contribution in [3.05, 3.63) is 58.2 Å². The molecule has 0 aliphatic carbocycles. The molecule has 1 aromatic heterocycles. The average Bonchev–Trinajstić information content (AvgIpc) is 2.37. The molecule has 0 aliphatic heterocycles. The summed E-state index contributed by atoms with van der Waals surface area (Å²) in [4.78, 5) is 8.64. The summed E-state index contributed by atoms with van der Waals surface area (Å²) in [6, 6.07) is 5.22. The summed E-state index contributed by atoms with van der Waals surface area (Å²) >= 11 is 0. The molecule has 0 bridgehead atoms. The van der Waals surface area contributed by atoms with E-state index < -0.39 is 11.7 Å². The van der Waals surface area contributed by atoms with Gasteiger partial charge >= 0.3 is 6.18 Å². The van der Waals surface area contributed by atoms with Crippen molar-refractivity contribution in [1.29, 1.82) is 0 Å². The van der Waals surface area contributed by atoms with Crippen molar-refractivity contribution < 1.29 is 13.2 Å². The lowest BCUT2D eigenvalue weighted by Gasteiger charge is -2.11. The topological polar surface area (TPSA) is 51.8 Å². The molecule has 6 heteroatoms. The number of benzene rings is 1. The fraction of sp³-hybridized carbons (Fsp3) is 0.333. The third-order valence-corrected chi connectivity index (χ3v) is 3.29. The van der Waals surface area contributed by atoms with Crippen LogP contribution in [-0.2, 0) is 19.1 Å². The molecule has 2 N–H and O–H groups in total. The quantitative estimate of drug-likeness (QED) is 0.946. The van der Waals surface area contributed by atoms with E-state index in [1.165, 1.54) is 6.07 Å². The molecule has 21 heavy (non-hydrogen) atoms. The standard InChI is InChI=1S/C15H16F3N3/c1-9-13(8-19)10(2)21-14(20-9)7-11-4-3-5-12(6-11)15(16,17)18/h3-6H,7-8,19H2,1-2H3. The third kappa shape index (κ3) is 3.58. The van der Waals surface area contributed by atoms with Gasteiger partial charge in [-0.1, -0.05) is 18.2 Å². The number of alkyl halides is 3. The number of nitrogens with two attached hydrogens (primary N) is 1. The number of aryl methyl sites for hydroxylation is 2. The SMILES string of the molecule is Cc1nc(Cc2cccc(C(F)(F)F)c2)nc(C)c1CN. The van der Waals surface area contributed by atoms with Gasteiger partial charge in [0.05, 0.1) is 5.56 Å². The van der Waals surface area contributed by atoms with Gasteiger partial charge in [0.2, 0.25) is 0 Å². The van der Waals surface area contributed by atoms with Crippen molar-refractivity contribution in [2.24, 2.45) is 5.73 Å². The molecule has 1 aromatic carbocycles. The van der Waals surface area contributed by atoms with E-state index in [9.17, 15) is 13.2 Å². The van der Waals surface area contributed by atoms with Gasteiger partial charge in [0, 0.05) is 29.9 Å². The van der Waals surface area contributed by atoms with Crippen LogP contribution in [0.4, 0.5) is 13.2 Å². The molecule has 0 saturated heterocycles. The van der Waals surface area contributed by atoms with Crippen molar-refractivity contribution in [3.63, 3.8) is 0 Å². The van der Waals surface area contributed by atoms with Gasteiger partial charge in [0.15, 0.2) is 0 Å². The fourth-order valence-corrected chi connectivity index (χ4v) is 2.22. The fourth-order valence-electron chi connectivity index (χ4n) is 2.22. The second-order valence-corrected chi connectivity index (χ2v) is 4.87. The molecule has 3 nitrogen and oxygen atoms in total. The maximum absolute atomic E-state index is 12.7. The molecule has 0 amide bonds. The summed E-state index contributed by atoms with van der Waals surface area (Å²) in [5.41, 5.74) is 7.91. The Hall–Kier alpha value is -1.95. The van der Waals surface area contributed by atoms with E-state index in [1.54, 1.807) is 6.07 Å². The Morgan fingerprint density at radius 2 is 1.71 bits per heavy atom. The highest BCUT2D eigenvalue weighted by Crippen LogP contribution is 2.29. The zero-order chi connectivity index (χ0) is 15.6. The molecule has 1 heterocycles. The minimum Gasteiger partial charge on any atom is -0.326 e. The van der Waals surface area contributed by atoms with Crippen LogP contribution in [0.25, 0.3) is 0 Å². The first kappa shape index (κ1) is 15.4. The first-order valence-electron chi connectivity index (χ1n) is 6.50. The van der Waals surface area contributed by atoms with E-state index in [0.29, 0.717) is 17.9 Å². The maximum Gasteiger partial charge on any atom is 0.416 e. The van der Waals surface area contributed by atoms with Gasteiger partial charge in [0.25, 0.3) is 0 Å². The molecule has 0 unspecified atom stereocenters. The molecule has 0 spiro atoms. The van der Waals surface area contributed by atoms with Crippen LogP contribution < -0.4 is 5.73 Å². The van der Waals surface area contributed by atoms with Gasteiger partial charge in [0.1, 0.15) is 5.82 Å². The van der Waals surface area contributed by atoms with Crippen molar-refractivity contribution in [1.82, 2.24) is 9.97 Å². The number of aromatic nitrogens is 2. The normalized spacial score (nSPS) is 11.7. The maximum atomic E-state index is 12.7. The first-order chi connectivity index (χ1) is 9.81. The third-order valence-electron chi connectivity index (χ3n) is 3.29. The zero-order valence-electron chi connectivity index (χ0n) is 11.8. The minimum atomic E-state index is -4.34. The Balaban J connectivity index is 2.31. The van der Waals surface area contributed by atoms with Gasteiger partial charge in [-0.25, -0.2) is 9.97 Å². The second kappa shape index (κ2) is 5.81. The molecule has 112 valence electrons. The van der Waals surface area contributed by atoms with Crippen LogP contribution in [0.5, 0.6) is 0 Å². The summed E-state index contributed by atoms with van der Waals surface area (Å²) < 4.78 is 38.1. The van der Waals surface area contributed by atoms with Gasteiger partial charge in [-0.2, -0.15) is 13.2 Å². The number of nitrogens with zero attached hydrogens (tertiary/aromatic N) is 2. The van der Waals surface area contributed by atoms with Gasteiger partial charge in [-0.3, -0.25) is 0 Å². The first-order valence-corrected chi connectivity index (χ1v) is 6.50. The monoisotopic (exact) mass is 295 g/mol. The number of hydrogen-bond acceptors (Lipinski definition) is 3. The Bertz CT molecular complexity index is 628. The molecule has 0 radical (unpaired) electrons. The summed E-state index contributed by atoms with van der Waals surface area (Å²) in [6.45, 7) is 4.00. The lowest BCUT2D eigenvalue weighted by Crippen LogP contribution is -2.10. The lowest BCUT2D eigenvalue weighted by molar-refractivity contribution is -0.137. The Morgan fingerprint density at radius 3 is 2.24 bits per heavy atom. The molecule has 0 fully saturated rings. The van der Waals surface area contributed by atoms with E-state index in [2.05, 4.69) is 9.97 Å². The van der Waals surface area contributed by atoms with Gasteiger partial charge in [-0.05, 0) is 25.5 Å². The Kier molecular flexibility index (Phi) is 4.27. The highest BCUT2D eigenvalue weighted by molar-refractivity contribution is 5.29. The predicted molar refractivity (Wildman–Crippen MR) is 73.6 cm³/mol. The van der Waals surface area contributed by atoms with E-state index in [4.69, 9.17) is 5.73 Å². The number of rotatable bonds is 3. The second-order valence-electron chi connectivity index (χ2n) is 4.87. The Morgan fingerprint density at radius 1 is 1.10 bits per heavy atom. The summed E-state index contributed by atoms with van der Waals surface area (Å²) in [5, 5.41) is 0. The van der Waals surface area contributed by atoms with Crippen LogP contribution in [0.1, 0.15) is 33.9 Å². The predicted octanol–water partition coefficient (Wildman–Crippen LogP) is 3.16. The average molecular weight is 295 g/mol. The molecule has 0 saturated carbocycles. The van der Waals surface area contributed by atoms with Crippen LogP contribution >= 0.6 is 0 Å². The zero-order valence-corrected chi connectivity index (χ0v) is 11.8. The Labute approximate surface area is 121 Å². The lowest BCUT2D eigenvalue weighted by atomic mass is 10.1. The van der Waals surface area contributed by atoms with Gasteiger partial charge < -0.3 is 5.73 Å². The van der Waals surface area contributed by atoms with Crippen LogP contribution in [-0.4, -0.2) is 9.97 Å². The highest BCUT2D eigenvalue weighted by atomic mass is 19.4. The molecule has 0 atom stereocenters. The van der Waals surface area contributed by atoms with E-state index in [1.807, 2.05) is 13.8 Å². The van der Waals surface area contributed by atoms with Crippen LogP contribution in [0, 0.1) is 13.8 Å².